The van der Waals surface area contributed by atoms with Crippen molar-refractivity contribution in [3.63, 3.8) is 0 Å². The number of hydrogen-bond donors (Lipinski definition) is 0. The molecule has 3 fully saturated rings. The summed E-state index contributed by atoms with van der Waals surface area (Å²) in [5.41, 5.74) is 0. The first-order chi connectivity index (χ1) is 7.42. The molecule has 1 saturated heterocycles. The van der Waals surface area contributed by atoms with E-state index >= 15 is 0 Å². The molecule has 2 saturated carbocycles. The fourth-order valence-electron chi connectivity index (χ4n) is 3.46. The van der Waals surface area contributed by atoms with E-state index in [-0.39, 0.29) is 0 Å². The fraction of sp³-hybridized carbons (Fsp3) is 1.00. The summed E-state index contributed by atoms with van der Waals surface area (Å²) in [6, 6.07) is 0. The number of rotatable bonds is 3. The average molecular weight is 319 g/mol. The Kier molecular flexibility index (Phi) is 3.57. The van der Waals surface area contributed by atoms with Crippen LogP contribution in [0.4, 0.5) is 0 Å². The van der Waals surface area contributed by atoms with Gasteiger partial charge in [0.2, 0.25) is 0 Å². The van der Waals surface area contributed by atoms with Crippen molar-refractivity contribution in [3.05, 3.63) is 0 Å². The summed E-state index contributed by atoms with van der Waals surface area (Å²) >= 11 is 0.609. The second-order valence-electron chi connectivity index (χ2n) is 5.95. The molecule has 2 unspecified atom stereocenters. The van der Waals surface area contributed by atoms with Crippen molar-refractivity contribution in [2.75, 3.05) is 4.43 Å². The van der Waals surface area contributed by atoms with Gasteiger partial charge in [0, 0.05) is 0 Å². The van der Waals surface area contributed by atoms with Crippen molar-refractivity contribution in [2.24, 2.45) is 17.8 Å². The number of halogens is 1. The third-order valence-corrected chi connectivity index (χ3v) is 8.50. The Morgan fingerprint density at radius 3 is 2.27 bits per heavy atom. The Hall–Kier alpha value is 0.730. The van der Waals surface area contributed by atoms with E-state index in [0.29, 0.717) is 21.2 Å². The van der Waals surface area contributed by atoms with E-state index in [4.69, 9.17) is 0 Å². The first kappa shape index (κ1) is 10.9. The van der Waals surface area contributed by atoms with Gasteiger partial charge < -0.3 is 0 Å². The molecule has 0 bridgehead atoms. The van der Waals surface area contributed by atoms with Gasteiger partial charge in [-0.25, -0.2) is 0 Å². The first-order valence-corrected chi connectivity index (χ1v) is 9.76. The van der Waals surface area contributed by atoms with Crippen LogP contribution < -0.4 is 21.2 Å². The summed E-state index contributed by atoms with van der Waals surface area (Å²) in [5.74, 6) is 3.53. The molecule has 3 rings (SSSR count). The van der Waals surface area contributed by atoms with E-state index < -0.39 is 0 Å². The van der Waals surface area contributed by atoms with Gasteiger partial charge in [0.05, 0.1) is 0 Å². The Balaban J connectivity index is 1.47. The number of hydrogen-bond acceptors (Lipinski definition) is 0. The second kappa shape index (κ2) is 4.93. The summed E-state index contributed by atoms with van der Waals surface area (Å²) in [7, 11) is 0. The van der Waals surface area contributed by atoms with Gasteiger partial charge in [-0.05, 0) is 0 Å². The standard InChI is InChI=1S/C14H24I/c1-3-11(4-1)9-14-10-13(7-8-15-14)12-5-2-6-12/h11-14H,1-10H2/q-1. The second-order valence-corrected chi connectivity index (χ2v) is 9.67. The van der Waals surface area contributed by atoms with Gasteiger partial charge >= 0.3 is 105 Å². The summed E-state index contributed by atoms with van der Waals surface area (Å²) in [5, 5.41) is 0. The van der Waals surface area contributed by atoms with Crippen LogP contribution in [0.5, 0.6) is 0 Å². The molecule has 2 aliphatic carbocycles. The van der Waals surface area contributed by atoms with Crippen molar-refractivity contribution in [1.29, 1.82) is 0 Å². The zero-order valence-electron chi connectivity index (χ0n) is 9.76. The molecular formula is C14H24I-. The van der Waals surface area contributed by atoms with Gasteiger partial charge in [-0.1, -0.05) is 0 Å². The third kappa shape index (κ3) is 2.53. The normalized spacial score (nSPS) is 38.9. The van der Waals surface area contributed by atoms with Crippen molar-refractivity contribution in [2.45, 2.75) is 61.7 Å². The summed E-state index contributed by atoms with van der Waals surface area (Å²) in [4.78, 5) is 0. The van der Waals surface area contributed by atoms with Crippen molar-refractivity contribution < 1.29 is 21.2 Å². The molecule has 1 heteroatoms. The summed E-state index contributed by atoms with van der Waals surface area (Å²) < 4.78 is 2.91. The van der Waals surface area contributed by atoms with E-state index in [1.165, 1.54) is 21.7 Å². The number of alkyl halides is 2. The molecule has 15 heavy (non-hydrogen) atoms. The summed E-state index contributed by atoms with van der Waals surface area (Å²) in [6.07, 6.45) is 14.3. The minimum absolute atomic E-state index is 0.609. The Morgan fingerprint density at radius 1 is 0.867 bits per heavy atom. The van der Waals surface area contributed by atoms with Gasteiger partial charge in [-0.2, -0.15) is 0 Å². The van der Waals surface area contributed by atoms with Crippen LogP contribution in [-0.4, -0.2) is 8.35 Å². The quantitative estimate of drug-likeness (QED) is 0.534. The van der Waals surface area contributed by atoms with E-state index in [1.54, 1.807) is 62.2 Å². The van der Waals surface area contributed by atoms with E-state index in [1.807, 2.05) is 0 Å². The van der Waals surface area contributed by atoms with Crippen LogP contribution in [0.3, 0.4) is 0 Å². The predicted octanol–water partition coefficient (Wildman–Crippen LogP) is 0.844. The van der Waals surface area contributed by atoms with Gasteiger partial charge in [-0.15, -0.1) is 0 Å². The zero-order chi connectivity index (χ0) is 10.1. The van der Waals surface area contributed by atoms with Crippen LogP contribution in [0.1, 0.15) is 57.8 Å². The van der Waals surface area contributed by atoms with Crippen LogP contribution in [0.15, 0.2) is 0 Å². The first-order valence-electron chi connectivity index (χ1n) is 6.99. The van der Waals surface area contributed by atoms with Gasteiger partial charge in [0.1, 0.15) is 0 Å². The average Bonchev–Trinajstić information content (AvgIpc) is 2.09. The Bertz CT molecular complexity index is 205. The van der Waals surface area contributed by atoms with Gasteiger partial charge in [0.15, 0.2) is 0 Å². The molecule has 2 atom stereocenters. The van der Waals surface area contributed by atoms with Crippen LogP contribution in [0.2, 0.25) is 0 Å². The molecular weight excluding hydrogens is 295 g/mol. The molecule has 0 nitrogen and oxygen atoms in total. The monoisotopic (exact) mass is 319 g/mol. The fourth-order valence-corrected chi connectivity index (χ4v) is 7.59. The minimum atomic E-state index is 0.609. The zero-order valence-corrected chi connectivity index (χ0v) is 11.9. The third-order valence-electron chi connectivity index (χ3n) is 5.00. The molecule has 88 valence electrons. The Labute approximate surface area is 105 Å². The van der Waals surface area contributed by atoms with Crippen molar-refractivity contribution >= 4 is 0 Å². The van der Waals surface area contributed by atoms with Crippen molar-refractivity contribution in [1.82, 2.24) is 0 Å². The van der Waals surface area contributed by atoms with E-state index in [9.17, 15) is 0 Å². The van der Waals surface area contributed by atoms with Gasteiger partial charge in [0.25, 0.3) is 0 Å². The molecule has 0 spiro atoms. The molecule has 0 amide bonds. The van der Waals surface area contributed by atoms with Crippen LogP contribution >= 0.6 is 0 Å². The van der Waals surface area contributed by atoms with E-state index in [0.717, 1.165) is 0 Å². The molecule has 0 aromatic rings. The molecule has 1 heterocycles. The molecule has 3 aliphatic rings. The van der Waals surface area contributed by atoms with Crippen LogP contribution in [0, 0.1) is 17.8 Å². The van der Waals surface area contributed by atoms with Crippen molar-refractivity contribution in [3.8, 4) is 0 Å². The summed E-state index contributed by atoms with van der Waals surface area (Å²) in [6.45, 7) is 0. The molecule has 0 aromatic heterocycles. The maximum absolute atomic E-state index is 1.66. The van der Waals surface area contributed by atoms with E-state index in [2.05, 4.69) is 0 Å². The molecule has 0 N–H and O–H groups in total. The topological polar surface area (TPSA) is 0 Å². The SMILES string of the molecule is C1CC(CC2CC(C3CCC3)CC[I-]2)C1. The van der Waals surface area contributed by atoms with Crippen LogP contribution in [-0.2, 0) is 0 Å². The van der Waals surface area contributed by atoms with Gasteiger partial charge in [-0.3, -0.25) is 0 Å². The molecule has 0 aromatic carbocycles. The molecule has 0 radical (unpaired) electrons. The Morgan fingerprint density at radius 2 is 1.67 bits per heavy atom. The predicted molar refractivity (Wildman–Crippen MR) is 60.7 cm³/mol. The maximum atomic E-state index is 1.66. The molecule has 1 aliphatic heterocycles. The van der Waals surface area contributed by atoms with Crippen LogP contribution in [0.25, 0.3) is 0 Å².